The predicted octanol–water partition coefficient (Wildman–Crippen LogP) is 3.44. The van der Waals surface area contributed by atoms with Gasteiger partial charge >= 0.3 is 0 Å². The van der Waals surface area contributed by atoms with Crippen LogP contribution in [-0.2, 0) is 0 Å². The molecule has 0 radical (unpaired) electrons. The fourth-order valence-corrected chi connectivity index (χ4v) is 2.48. The molecule has 92 valence electrons. The van der Waals surface area contributed by atoms with Gasteiger partial charge in [0.05, 0.1) is 11.1 Å². The normalized spacial score (nSPS) is 11.6. The van der Waals surface area contributed by atoms with Gasteiger partial charge in [-0.2, -0.15) is 0 Å². The number of fused-ring (bicyclic) bond motifs is 1. The van der Waals surface area contributed by atoms with Gasteiger partial charge in [-0.25, -0.2) is 23.7 Å². The van der Waals surface area contributed by atoms with E-state index in [0.717, 1.165) is 11.3 Å². The molecular weight excluding hydrogens is 282 g/mol. The molecule has 0 aliphatic rings. The molecule has 0 unspecified atom stereocenters. The average Bonchev–Trinajstić information content (AvgIpc) is 2.87. The number of alkyl halides is 2. The van der Waals surface area contributed by atoms with Crippen molar-refractivity contribution in [1.82, 2.24) is 19.4 Å². The van der Waals surface area contributed by atoms with E-state index in [0.29, 0.717) is 21.6 Å². The number of imidazole rings is 1. The fourth-order valence-electron chi connectivity index (χ4n) is 1.53. The summed E-state index contributed by atoms with van der Waals surface area (Å²) >= 11 is 6.71. The molecule has 0 bridgehead atoms. The van der Waals surface area contributed by atoms with Gasteiger partial charge in [0.15, 0.2) is 10.8 Å². The van der Waals surface area contributed by atoms with E-state index in [-0.39, 0.29) is 4.88 Å². The summed E-state index contributed by atoms with van der Waals surface area (Å²) in [5.74, 6) is 0.355. The van der Waals surface area contributed by atoms with Crippen molar-refractivity contribution in [3.63, 3.8) is 0 Å². The van der Waals surface area contributed by atoms with Crippen molar-refractivity contribution >= 4 is 27.9 Å². The molecule has 18 heavy (non-hydrogen) atoms. The van der Waals surface area contributed by atoms with Gasteiger partial charge in [0, 0.05) is 12.4 Å². The first-order chi connectivity index (χ1) is 8.65. The Morgan fingerprint density at radius 1 is 1.33 bits per heavy atom. The van der Waals surface area contributed by atoms with Crippen LogP contribution in [0.15, 0.2) is 24.7 Å². The Hall–Kier alpha value is -1.60. The van der Waals surface area contributed by atoms with Gasteiger partial charge in [0.1, 0.15) is 10.8 Å². The number of thiazole rings is 1. The number of hydrogen-bond donors (Lipinski definition) is 0. The maximum absolute atomic E-state index is 12.6. The van der Waals surface area contributed by atoms with Crippen LogP contribution in [0.1, 0.15) is 11.3 Å². The van der Waals surface area contributed by atoms with Crippen LogP contribution in [0.2, 0.25) is 5.15 Å². The van der Waals surface area contributed by atoms with Gasteiger partial charge in [-0.05, 0) is 6.07 Å². The lowest BCUT2D eigenvalue weighted by molar-refractivity contribution is 0.155. The van der Waals surface area contributed by atoms with Crippen molar-refractivity contribution < 1.29 is 8.78 Å². The molecule has 4 nitrogen and oxygen atoms in total. The van der Waals surface area contributed by atoms with E-state index in [9.17, 15) is 8.78 Å². The zero-order valence-corrected chi connectivity index (χ0v) is 10.3. The van der Waals surface area contributed by atoms with Crippen molar-refractivity contribution in [2.75, 3.05) is 0 Å². The van der Waals surface area contributed by atoms with Gasteiger partial charge in [0.25, 0.3) is 6.43 Å². The van der Waals surface area contributed by atoms with E-state index in [4.69, 9.17) is 11.6 Å². The van der Waals surface area contributed by atoms with Crippen LogP contribution in [0.5, 0.6) is 0 Å². The Balaban J connectivity index is 2.17. The molecule has 0 amide bonds. The first-order valence-electron chi connectivity index (χ1n) is 4.89. The lowest BCUT2D eigenvalue weighted by Crippen LogP contribution is -1.91. The number of halogens is 3. The van der Waals surface area contributed by atoms with Crippen molar-refractivity contribution in [3.8, 4) is 11.5 Å². The first kappa shape index (κ1) is 11.5. The Kier molecular flexibility index (Phi) is 2.71. The molecular formula is C10H5ClF2N4S. The van der Waals surface area contributed by atoms with Gasteiger partial charge in [-0.15, -0.1) is 0 Å². The summed E-state index contributed by atoms with van der Waals surface area (Å²) in [6, 6.07) is 1.54. The third-order valence-electron chi connectivity index (χ3n) is 2.29. The van der Waals surface area contributed by atoms with E-state index >= 15 is 0 Å². The smallest absolute Gasteiger partial charge is 0.274 e. The highest BCUT2D eigenvalue weighted by Gasteiger charge is 2.16. The molecule has 0 aromatic carbocycles. The molecule has 0 saturated heterocycles. The van der Waals surface area contributed by atoms with E-state index < -0.39 is 6.43 Å². The topological polar surface area (TPSA) is 43.1 Å². The molecule has 3 aromatic rings. The number of hydrogen-bond acceptors (Lipinski definition) is 4. The van der Waals surface area contributed by atoms with Crippen molar-refractivity contribution in [3.05, 3.63) is 34.7 Å². The summed E-state index contributed by atoms with van der Waals surface area (Å²) in [6.45, 7) is 0. The quantitative estimate of drug-likeness (QED) is 0.678. The van der Waals surface area contributed by atoms with Crippen LogP contribution in [0.25, 0.3) is 16.5 Å². The Labute approximate surface area is 109 Å². The van der Waals surface area contributed by atoms with E-state index in [2.05, 4.69) is 15.0 Å². The van der Waals surface area contributed by atoms with E-state index in [1.54, 1.807) is 6.07 Å². The minimum atomic E-state index is -2.51. The fraction of sp³-hybridized carbons (Fsp3) is 0.100. The second-order valence-corrected chi connectivity index (χ2v) is 4.86. The van der Waals surface area contributed by atoms with Crippen LogP contribution in [0, 0.1) is 0 Å². The monoisotopic (exact) mass is 286 g/mol. The molecule has 0 saturated carbocycles. The second-order valence-electron chi connectivity index (χ2n) is 3.43. The highest BCUT2D eigenvalue weighted by molar-refractivity contribution is 7.17. The third-order valence-corrected chi connectivity index (χ3v) is 3.51. The third kappa shape index (κ3) is 1.85. The van der Waals surface area contributed by atoms with Gasteiger partial charge in [-0.3, -0.25) is 4.40 Å². The predicted molar refractivity (Wildman–Crippen MR) is 64.1 cm³/mol. The van der Waals surface area contributed by atoms with Crippen molar-refractivity contribution in [1.29, 1.82) is 0 Å². The number of rotatable bonds is 2. The Morgan fingerprint density at radius 3 is 2.89 bits per heavy atom. The summed E-state index contributed by atoms with van der Waals surface area (Å²) in [6.07, 6.45) is 1.87. The summed E-state index contributed by atoms with van der Waals surface area (Å²) in [5, 5.41) is 0.291. The number of aromatic nitrogens is 4. The molecule has 3 heterocycles. The van der Waals surface area contributed by atoms with E-state index in [1.807, 2.05) is 0 Å². The van der Waals surface area contributed by atoms with Crippen LogP contribution in [0.4, 0.5) is 8.78 Å². The summed E-state index contributed by atoms with van der Waals surface area (Å²) < 4.78 is 26.7. The van der Waals surface area contributed by atoms with Gasteiger partial charge in [0.2, 0.25) is 0 Å². The molecule has 0 spiro atoms. The van der Waals surface area contributed by atoms with Crippen LogP contribution in [0.3, 0.4) is 0 Å². The Bertz CT molecular complexity index is 709. The first-order valence-corrected chi connectivity index (χ1v) is 6.08. The van der Waals surface area contributed by atoms with Gasteiger partial charge in [-0.1, -0.05) is 22.9 Å². The van der Waals surface area contributed by atoms with Crippen molar-refractivity contribution in [2.45, 2.75) is 6.43 Å². The lowest BCUT2D eigenvalue weighted by atomic mass is 10.4. The molecule has 0 aliphatic carbocycles. The molecule has 0 fully saturated rings. The highest BCUT2D eigenvalue weighted by atomic mass is 35.5. The lowest BCUT2D eigenvalue weighted by Gasteiger charge is -1.97. The van der Waals surface area contributed by atoms with Crippen LogP contribution in [-0.4, -0.2) is 19.4 Å². The summed E-state index contributed by atoms with van der Waals surface area (Å²) in [7, 11) is 0. The molecule has 8 heteroatoms. The minimum Gasteiger partial charge on any atom is -0.287 e. The SMILES string of the molecule is FC(F)c1cn2c(-c3nccc(Cl)n3)cnc2s1. The highest BCUT2D eigenvalue weighted by Crippen LogP contribution is 2.30. The molecule has 3 rings (SSSR count). The van der Waals surface area contributed by atoms with Crippen LogP contribution >= 0.6 is 22.9 Å². The summed E-state index contributed by atoms with van der Waals surface area (Å²) in [5.41, 5.74) is 0.538. The second kappa shape index (κ2) is 4.25. The standard InChI is InChI=1S/C10H5ClF2N4S/c11-7-1-2-14-9(16-7)5-3-15-10-17(5)4-6(18-10)8(12)13/h1-4,8H. The molecule has 0 atom stereocenters. The maximum atomic E-state index is 12.6. The zero-order chi connectivity index (χ0) is 12.7. The van der Waals surface area contributed by atoms with E-state index in [1.165, 1.54) is 23.0 Å². The number of nitrogens with zero attached hydrogens (tertiary/aromatic N) is 4. The Morgan fingerprint density at radius 2 is 2.17 bits per heavy atom. The molecule has 0 N–H and O–H groups in total. The molecule has 3 aromatic heterocycles. The van der Waals surface area contributed by atoms with Gasteiger partial charge < -0.3 is 0 Å². The summed E-state index contributed by atoms with van der Waals surface area (Å²) in [4.78, 5) is 12.6. The van der Waals surface area contributed by atoms with Crippen molar-refractivity contribution in [2.24, 2.45) is 0 Å². The average molecular weight is 287 g/mol. The largest absolute Gasteiger partial charge is 0.287 e. The zero-order valence-electron chi connectivity index (χ0n) is 8.72. The van der Waals surface area contributed by atoms with Crippen LogP contribution < -0.4 is 0 Å². The maximum Gasteiger partial charge on any atom is 0.274 e. The molecule has 0 aliphatic heterocycles. The minimum absolute atomic E-state index is 0.0404.